The van der Waals surface area contributed by atoms with Crippen molar-refractivity contribution in [2.75, 3.05) is 4.90 Å². The summed E-state index contributed by atoms with van der Waals surface area (Å²) in [5.74, 6) is -6.52. The maximum Gasteiger partial charge on any atom is 0.239 e. The lowest BCUT2D eigenvalue weighted by atomic mass is 9.47. The zero-order valence-electron chi connectivity index (χ0n) is 17.1. The first-order valence-corrected chi connectivity index (χ1v) is 10.5. The van der Waals surface area contributed by atoms with E-state index in [4.69, 9.17) is 0 Å². The Morgan fingerprint density at radius 2 is 1.30 bits per heavy atom. The van der Waals surface area contributed by atoms with Gasteiger partial charge in [-0.05, 0) is 39.9 Å². The molecule has 2 atom stereocenters. The van der Waals surface area contributed by atoms with Gasteiger partial charge in [0.25, 0.3) is 0 Å². The van der Waals surface area contributed by atoms with Crippen LogP contribution in [0.5, 0.6) is 0 Å². The minimum atomic E-state index is -1.81. The lowest BCUT2D eigenvalue weighted by Crippen LogP contribution is -2.61. The first kappa shape index (κ1) is 19.4. The molecule has 4 aliphatic rings. The molecule has 2 bridgehead atoms. The van der Waals surface area contributed by atoms with Gasteiger partial charge in [-0.2, -0.15) is 0 Å². The highest BCUT2D eigenvalue weighted by atomic mass is 16.4. The molecule has 1 aliphatic heterocycles. The summed E-state index contributed by atoms with van der Waals surface area (Å²) in [7, 11) is 0. The molecule has 0 radical (unpaired) electrons. The van der Waals surface area contributed by atoms with Gasteiger partial charge in [0.2, 0.25) is 11.8 Å². The van der Waals surface area contributed by atoms with Crippen molar-refractivity contribution in [1.29, 1.82) is 0 Å². The lowest BCUT2D eigenvalue weighted by Gasteiger charge is -2.54. The second-order valence-electron chi connectivity index (χ2n) is 8.60. The van der Waals surface area contributed by atoms with E-state index in [9.17, 15) is 29.4 Å². The Hall–Kier alpha value is -4.26. The van der Waals surface area contributed by atoms with E-state index in [-0.39, 0.29) is 11.3 Å². The maximum absolute atomic E-state index is 13.8. The van der Waals surface area contributed by atoms with Gasteiger partial charge in [-0.1, -0.05) is 60.7 Å². The number of carboxylic acids is 2. The number of carbonyl (C=O) groups excluding carboxylic acids is 4. The number of anilines is 1. The van der Waals surface area contributed by atoms with Gasteiger partial charge >= 0.3 is 0 Å². The molecular formula is C26H15NO6-2. The molecule has 0 spiro atoms. The molecule has 1 heterocycles. The summed E-state index contributed by atoms with van der Waals surface area (Å²) in [4.78, 5) is 52.5. The van der Waals surface area contributed by atoms with Crippen LogP contribution in [-0.2, 0) is 19.8 Å². The second kappa shape index (κ2) is 6.38. The topological polar surface area (TPSA) is 118 Å². The van der Waals surface area contributed by atoms with Gasteiger partial charge in [-0.3, -0.25) is 9.59 Å². The highest BCUT2D eigenvalue weighted by Crippen LogP contribution is 2.64. The van der Waals surface area contributed by atoms with Crippen LogP contribution in [0.25, 0.3) is 0 Å². The molecule has 0 saturated carbocycles. The third kappa shape index (κ3) is 2.18. The molecule has 0 aromatic heterocycles. The van der Waals surface area contributed by atoms with Crippen molar-refractivity contribution in [3.63, 3.8) is 0 Å². The highest BCUT2D eigenvalue weighted by molar-refractivity contribution is 6.25. The van der Waals surface area contributed by atoms with E-state index in [1.807, 2.05) is 0 Å². The summed E-state index contributed by atoms with van der Waals surface area (Å²) in [5, 5.41) is 24.0. The Morgan fingerprint density at radius 1 is 0.758 bits per heavy atom. The van der Waals surface area contributed by atoms with Crippen molar-refractivity contribution in [3.8, 4) is 0 Å². The lowest BCUT2D eigenvalue weighted by molar-refractivity contribution is -0.314. The quantitative estimate of drug-likeness (QED) is 0.546. The molecular weight excluding hydrogens is 422 g/mol. The molecule has 1 fully saturated rings. The summed E-state index contributed by atoms with van der Waals surface area (Å²) in [5.41, 5.74) is 0.648. The van der Waals surface area contributed by atoms with E-state index in [1.54, 1.807) is 48.5 Å². The summed E-state index contributed by atoms with van der Waals surface area (Å²) >= 11 is 0. The van der Waals surface area contributed by atoms with Gasteiger partial charge in [0, 0.05) is 5.92 Å². The Morgan fingerprint density at radius 3 is 1.82 bits per heavy atom. The maximum atomic E-state index is 13.8. The van der Waals surface area contributed by atoms with Gasteiger partial charge in [0.1, 0.15) is 0 Å². The average molecular weight is 437 g/mol. The van der Waals surface area contributed by atoms with Crippen molar-refractivity contribution in [1.82, 2.24) is 0 Å². The first-order valence-electron chi connectivity index (χ1n) is 10.5. The molecule has 7 nitrogen and oxygen atoms in total. The van der Waals surface area contributed by atoms with Crippen LogP contribution in [-0.4, -0.2) is 23.8 Å². The van der Waals surface area contributed by atoms with Crippen LogP contribution in [0.3, 0.4) is 0 Å². The predicted octanol–water partition coefficient (Wildman–Crippen LogP) is 0.351. The number of carboxylic acid groups (broad SMARTS) is 2. The molecule has 3 aliphatic carbocycles. The van der Waals surface area contributed by atoms with E-state index >= 15 is 0 Å². The number of aromatic carboxylic acids is 1. The smallest absolute Gasteiger partial charge is 0.239 e. The van der Waals surface area contributed by atoms with Crippen molar-refractivity contribution in [3.05, 3.63) is 101 Å². The minimum absolute atomic E-state index is 0.0960. The van der Waals surface area contributed by atoms with Gasteiger partial charge < -0.3 is 19.8 Å². The molecule has 2 amide bonds. The number of benzene rings is 3. The van der Waals surface area contributed by atoms with Crippen LogP contribution in [0.1, 0.15) is 38.5 Å². The summed E-state index contributed by atoms with van der Waals surface area (Å²) in [6, 6.07) is 19.2. The van der Waals surface area contributed by atoms with Gasteiger partial charge in [0.05, 0.1) is 34.9 Å². The molecule has 1 saturated heterocycles. The summed E-state index contributed by atoms with van der Waals surface area (Å²) in [6.07, 6.45) is 0. The van der Waals surface area contributed by atoms with Crippen molar-refractivity contribution in [2.24, 2.45) is 11.8 Å². The molecule has 33 heavy (non-hydrogen) atoms. The Balaban J connectivity index is 1.61. The van der Waals surface area contributed by atoms with E-state index < -0.39 is 46.9 Å². The number of amides is 2. The number of hydrogen-bond acceptors (Lipinski definition) is 6. The number of carbonyl (C=O) groups is 4. The molecule has 0 unspecified atom stereocenters. The van der Waals surface area contributed by atoms with E-state index in [1.165, 1.54) is 24.3 Å². The van der Waals surface area contributed by atoms with Crippen LogP contribution in [0.15, 0.2) is 72.8 Å². The summed E-state index contributed by atoms with van der Waals surface area (Å²) in [6.45, 7) is 0. The SMILES string of the molecule is O=C([O-])c1ccc(N2C(=O)[C@@H]3[C@@H](C2=O)C2c4ccccc4C3(C(=O)[O-])c3ccccc32)cc1. The fraction of sp³-hybridized carbons (Fsp3) is 0.154. The van der Waals surface area contributed by atoms with E-state index in [0.717, 1.165) is 4.90 Å². The minimum Gasteiger partial charge on any atom is -0.549 e. The van der Waals surface area contributed by atoms with Gasteiger partial charge in [-0.15, -0.1) is 0 Å². The number of nitrogens with zero attached hydrogens (tertiary/aromatic N) is 1. The fourth-order valence-electron chi connectivity index (χ4n) is 6.12. The fourth-order valence-corrected chi connectivity index (χ4v) is 6.12. The highest BCUT2D eigenvalue weighted by Gasteiger charge is 2.68. The Bertz CT molecular complexity index is 1340. The molecule has 0 N–H and O–H groups in total. The van der Waals surface area contributed by atoms with Crippen molar-refractivity contribution in [2.45, 2.75) is 11.3 Å². The van der Waals surface area contributed by atoms with Crippen molar-refractivity contribution >= 4 is 29.4 Å². The zero-order chi connectivity index (χ0) is 23.1. The zero-order valence-corrected chi connectivity index (χ0v) is 17.1. The number of aliphatic carboxylic acids is 1. The van der Waals surface area contributed by atoms with E-state index in [2.05, 4.69) is 0 Å². The molecule has 7 heteroatoms. The average Bonchev–Trinajstić information content (AvgIpc) is 3.09. The largest absolute Gasteiger partial charge is 0.549 e. The third-order valence-corrected chi connectivity index (χ3v) is 7.30. The van der Waals surface area contributed by atoms with Gasteiger partial charge in [-0.25, -0.2) is 4.90 Å². The predicted molar refractivity (Wildman–Crippen MR) is 111 cm³/mol. The number of hydrogen-bond donors (Lipinski definition) is 0. The third-order valence-electron chi connectivity index (χ3n) is 7.30. The van der Waals surface area contributed by atoms with E-state index in [0.29, 0.717) is 22.3 Å². The Labute approximate surface area is 187 Å². The molecule has 7 rings (SSSR count). The summed E-state index contributed by atoms with van der Waals surface area (Å²) < 4.78 is 0. The second-order valence-corrected chi connectivity index (χ2v) is 8.60. The molecule has 3 aromatic rings. The van der Waals surface area contributed by atoms with Gasteiger partial charge in [0.15, 0.2) is 0 Å². The van der Waals surface area contributed by atoms with Crippen molar-refractivity contribution < 1.29 is 29.4 Å². The standard InChI is InChI=1S/C26H17NO6/c28-22-20-19-15-5-1-3-7-17(15)26(25(32)33,18-8-4-2-6-16(18)19)21(20)23(29)27(22)14-11-9-13(10-12-14)24(30)31/h1-12,19-21H,(H,30,31)(H,32,33)/p-2/t19?,20-,21-,26?/m0/s1. The monoisotopic (exact) mass is 437 g/mol. The van der Waals surface area contributed by atoms with Crippen LogP contribution in [0, 0.1) is 11.8 Å². The number of rotatable bonds is 3. The van der Waals surface area contributed by atoms with Crippen LogP contribution >= 0.6 is 0 Å². The van der Waals surface area contributed by atoms with Crippen LogP contribution < -0.4 is 15.1 Å². The van der Waals surface area contributed by atoms with Crippen LogP contribution in [0.4, 0.5) is 5.69 Å². The normalized spacial score (nSPS) is 26.5. The van der Waals surface area contributed by atoms with Crippen LogP contribution in [0.2, 0.25) is 0 Å². The first-order chi connectivity index (χ1) is 15.9. The Kier molecular flexibility index (Phi) is 3.76. The molecule has 162 valence electrons. The number of imide groups is 1. The molecule has 3 aromatic carbocycles.